The van der Waals surface area contributed by atoms with E-state index < -0.39 is 0 Å². The highest BCUT2D eigenvalue weighted by Crippen LogP contribution is 2.19. The van der Waals surface area contributed by atoms with E-state index in [-0.39, 0.29) is 0 Å². The van der Waals surface area contributed by atoms with Crippen LogP contribution < -0.4 is 4.90 Å². The van der Waals surface area contributed by atoms with E-state index in [9.17, 15) is 0 Å². The second-order valence-electron chi connectivity index (χ2n) is 4.10. The average Bonchev–Trinajstić information content (AvgIpc) is 2.29. The van der Waals surface area contributed by atoms with Gasteiger partial charge in [0.05, 0.1) is 0 Å². The minimum atomic E-state index is 0.878. The van der Waals surface area contributed by atoms with Crippen molar-refractivity contribution in [3.05, 3.63) is 23.4 Å². The van der Waals surface area contributed by atoms with Gasteiger partial charge in [-0.25, -0.2) is 4.98 Å². The molecule has 0 aliphatic rings. The number of nitrogens with zero attached hydrogens (tertiary/aromatic N) is 2. The number of alkyl halides is 1. The van der Waals surface area contributed by atoms with Crippen molar-refractivity contribution in [3.63, 3.8) is 0 Å². The first kappa shape index (κ1) is 13.5. The lowest BCUT2D eigenvalue weighted by Gasteiger charge is -2.24. The van der Waals surface area contributed by atoms with Gasteiger partial charge in [0.15, 0.2) is 0 Å². The maximum Gasteiger partial charge on any atom is 0.131 e. The lowest BCUT2D eigenvalue weighted by Crippen LogP contribution is -2.26. The van der Waals surface area contributed by atoms with E-state index >= 15 is 0 Å². The van der Waals surface area contributed by atoms with E-state index in [0.29, 0.717) is 0 Å². The summed E-state index contributed by atoms with van der Waals surface area (Å²) in [6.07, 6.45) is 4.30. The van der Waals surface area contributed by atoms with Crippen LogP contribution in [0.15, 0.2) is 12.3 Å². The van der Waals surface area contributed by atoms with Crippen LogP contribution >= 0.6 is 15.9 Å². The molecule has 16 heavy (non-hydrogen) atoms. The van der Waals surface area contributed by atoms with Crippen LogP contribution in [0.3, 0.4) is 0 Å². The van der Waals surface area contributed by atoms with Gasteiger partial charge in [-0.3, -0.25) is 0 Å². The van der Waals surface area contributed by atoms with Crippen LogP contribution in [0.5, 0.6) is 0 Å². The number of anilines is 1. The van der Waals surface area contributed by atoms with Crippen LogP contribution in [0.25, 0.3) is 0 Å². The van der Waals surface area contributed by atoms with Gasteiger partial charge in [-0.05, 0) is 30.9 Å². The Bertz CT molecular complexity index is 320. The van der Waals surface area contributed by atoms with Crippen molar-refractivity contribution < 1.29 is 0 Å². The first-order valence-corrected chi connectivity index (χ1v) is 7.11. The minimum absolute atomic E-state index is 0.878. The predicted octanol–water partition coefficient (Wildman–Crippen LogP) is 3.91. The summed E-state index contributed by atoms with van der Waals surface area (Å²) in [6, 6.07) is 2.22. The van der Waals surface area contributed by atoms with Crippen LogP contribution in [0.2, 0.25) is 0 Å². The molecular weight excluding hydrogens is 264 g/mol. The van der Waals surface area contributed by atoms with E-state index in [0.717, 1.165) is 24.2 Å². The zero-order chi connectivity index (χ0) is 12.0. The van der Waals surface area contributed by atoms with E-state index in [1.807, 2.05) is 6.20 Å². The number of aryl methyl sites for hydroxylation is 1. The Morgan fingerprint density at radius 1 is 1.25 bits per heavy atom. The third kappa shape index (κ3) is 3.48. The number of hydrogen-bond acceptors (Lipinski definition) is 2. The van der Waals surface area contributed by atoms with Crippen LogP contribution in [0.4, 0.5) is 5.82 Å². The van der Waals surface area contributed by atoms with E-state index in [2.05, 4.69) is 52.7 Å². The molecule has 0 unspecified atom stereocenters. The van der Waals surface area contributed by atoms with E-state index in [1.165, 1.54) is 24.0 Å². The Kier molecular flexibility index (Phi) is 5.81. The van der Waals surface area contributed by atoms with Crippen molar-refractivity contribution in [3.8, 4) is 0 Å². The highest BCUT2D eigenvalue weighted by Gasteiger charge is 2.09. The van der Waals surface area contributed by atoms with Gasteiger partial charge in [0.25, 0.3) is 0 Å². The molecule has 0 spiro atoms. The quantitative estimate of drug-likeness (QED) is 0.737. The second-order valence-corrected chi connectivity index (χ2v) is 4.67. The molecule has 0 aliphatic carbocycles. The summed E-state index contributed by atoms with van der Waals surface area (Å²) in [5.41, 5.74) is 2.52. The third-order valence-corrected chi connectivity index (χ3v) is 3.20. The molecule has 0 N–H and O–H groups in total. The van der Waals surface area contributed by atoms with Crippen molar-refractivity contribution in [2.45, 2.75) is 38.9 Å². The Balaban J connectivity index is 2.90. The average molecular weight is 285 g/mol. The largest absolute Gasteiger partial charge is 0.356 e. The molecule has 0 saturated carbocycles. The highest BCUT2D eigenvalue weighted by molar-refractivity contribution is 9.08. The van der Waals surface area contributed by atoms with Crippen LogP contribution in [-0.4, -0.2) is 18.1 Å². The first-order chi connectivity index (χ1) is 7.72. The molecule has 1 aromatic heterocycles. The molecule has 0 radical (unpaired) electrons. The molecule has 0 aromatic carbocycles. The predicted molar refractivity (Wildman–Crippen MR) is 74.4 cm³/mol. The van der Waals surface area contributed by atoms with Crippen molar-refractivity contribution in [1.82, 2.24) is 4.98 Å². The zero-order valence-electron chi connectivity index (χ0n) is 10.5. The summed E-state index contributed by atoms with van der Waals surface area (Å²) in [6.45, 7) is 8.76. The van der Waals surface area contributed by atoms with Crippen molar-refractivity contribution in [2.75, 3.05) is 18.0 Å². The molecular formula is C13H21BrN2. The summed E-state index contributed by atoms with van der Waals surface area (Å²) in [4.78, 5) is 6.96. The maximum atomic E-state index is 4.58. The van der Waals surface area contributed by atoms with Crippen molar-refractivity contribution in [2.24, 2.45) is 0 Å². The molecule has 0 bridgehead atoms. The van der Waals surface area contributed by atoms with Gasteiger partial charge in [-0.15, -0.1) is 0 Å². The number of aromatic nitrogens is 1. The lowest BCUT2D eigenvalue weighted by molar-refractivity contribution is 0.731. The summed E-state index contributed by atoms with van der Waals surface area (Å²) >= 11 is 3.46. The Labute approximate surface area is 107 Å². The van der Waals surface area contributed by atoms with Gasteiger partial charge in [-0.2, -0.15) is 0 Å². The molecule has 3 heteroatoms. The van der Waals surface area contributed by atoms with Gasteiger partial charge >= 0.3 is 0 Å². The Hall–Kier alpha value is -0.570. The topological polar surface area (TPSA) is 16.1 Å². The van der Waals surface area contributed by atoms with Crippen LogP contribution in [0, 0.1) is 6.92 Å². The molecule has 0 atom stereocenters. The minimum Gasteiger partial charge on any atom is -0.356 e. The normalized spacial score (nSPS) is 10.5. The Morgan fingerprint density at radius 2 is 1.88 bits per heavy atom. The summed E-state index contributed by atoms with van der Waals surface area (Å²) in [5, 5.41) is 0.878. The maximum absolute atomic E-state index is 4.58. The molecule has 90 valence electrons. The molecule has 2 nitrogen and oxygen atoms in total. The fourth-order valence-electron chi connectivity index (χ4n) is 1.89. The standard InChI is InChI=1S/C13H21BrN2/c1-4-6-16(7-5-2)13-11(3)8-12(9-14)10-15-13/h8,10H,4-7,9H2,1-3H3. The van der Waals surface area contributed by atoms with E-state index in [4.69, 9.17) is 0 Å². The molecule has 1 aromatic rings. The molecule has 0 amide bonds. The molecule has 0 fully saturated rings. The van der Waals surface area contributed by atoms with E-state index in [1.54, 1.807) is 0 Å². The lowest BCUT2D eigenvalue weighted by atomic mass is 10.2. The van der Waals surface area contributed by atoms with Gasteiger partial charge in [0.1, 0.15) is 5.82 Å². The second kappa shape index (κ2) is 6.89. The van der Waals surface area contributed by atoms with Gasteiger partial charge in [-0.1, -0.05) is 35.8 Å². The molecule has 0 aliphatic heterocycles. The SMILES string of the molecule is CCCN(CCC)c1ncc(CBr)cc1C. The smallest absolute Gasteiger partial charge is 0.131 e. The molecule has 1 heterocycles. The first-order valence-electron chi connectivity index (χ1n) is 5.99. The van der Waals surface area contributed by atoms with Crippen molar-refractivity contribution in [1.29, 1.82) is 0 Å². The fraction of sp³-hybridized carbons (Fsp3) is 0.615. The molecule has 0 saturated heterocycles. The summed E-state index contributed by atoms with van der Waals surface area (Å²) in [5.74, 6) is 1.15. The Morgan fingerprint density at radius 3 is 2.31 bits per heavy atom. The fourth-order valence-corrected chi connectivity index (χ4v) is 2.20. The van der Waals surface area contributed by atoms with Crippen LogP contribution in [0.1, 0.15) is 37.8 Å². The third-order valence-electron chi connectivity index (χ3n) is 2.55. The molecule has 1 rings (SSSR count). The van der Waals surface area contributed by atoms with Gasteiger partial charge in [0, 0.05) is 24.6 Å². The van der Waals surface area contributed by atoms with Gasteiger partial charge < -0.3 is 4.90 Å². The number of halogens is 1. The number of hydrogen-bond donors (Lipinski definition) is 0. The summed E-state index contributed by atoms with van der Waals surface area (Å²) in [7, 11) is 0. The van der Waals surface area contributed by atoms with Gasteiger partial charge in [0.2, 0.25) is 0 Å². The highest BCUT2D eigenvalue weighted by atomic mass is 79.9. The number of rotatable bonds is 6. The van der Waals surface area contributed by atoms with Crippen molar-refractivity contribution >= 4 is 21.7 Å². The summed E-state index contributed by atoms with van der Waals surface area (Å²) < 4.78 is 0. The zero-order valence-corrected chi connectivity index (χ0v) is 12.0. The number of pyridine rings is 1. The van der Waals surface area contributed by atoms with Crippen LogP contribution in [-0.2, 0) is 5.33 Å². The monoisotopic (exact) mass is 284 g/mol.